The molecule has 4 rings (SSSR count). The fourth-order valence-electron chi connectivity index (χ4n) is 3.50. The van der Waals surface area contributed by atoms with Gasteiger partial charge in [0.15, 0.2) is 0 Å². The number of hydrogen-bond donors (Lipinski definition) is 1. The molecule has 6 nitrogen and oxygen atoms in total. The lowest BCUT2D eigenvalue weighted by atomic mass is 10.2. The average Bonchev–Trinajstić information content (AvgIpc) is 2.83. The van der Waals surface area contributed by atoms with Crippen LogP contribution < -0.4 is 5.32 Å². The average molecular weight is 326 g/mol. The number of nitrogens with zero attached hydrogens (tertiary/aromatic N) is 5. The number of amidine groups is 2. The molecule has 0 aliphatic carbocycles. The maximum atomic E-state index is 5.00. The second-order valence-electron chi connectivity index (χ2n) is 6.75. The van der Waals surface area contributed by atoms with E-state index in [0.29, 0.717) is 0 Å². The largest absolute Gasteiger partial charge is 0.357 e. The van der Waals surface area contributed by atoms with Crippen molar-refractivity contribution >= 4 is 23.0 Å². The first-order valence-electron chi connectivity index (χ1n) is 8.93. The highest BCUT2D eigenvalue weighted by Gasteiger charge is 2.24. The van der Waals surface area contributed by atoms with Gasteiger partial charge in [0.1, 0.15) is 11.7 Å². The molecule has 0 aromatic heterocycles. The van der Waals surface area contributed by atoms with E-state index in [-0.39, 0.29) is 0 Å². The van der Waals surface area contributed by atoms with Crippen LogP contribution >= 0.6 is 0 Å². The first-order chi connectivity index (χ1) is 11.8. The summed E-state index contributed by atoms with van der Waals surface area (Å²) in [5.74, 6) is 2.34. The fraction of sp³-hybridized carbons (Fsp3) is 0.556. The summed E-state index contributed by atoms with van der Waals surface area (Å²) in [7, 11) is 2.19. The molecular formula is C18H26N6. The Labute approximate surface area is 143 Å². The monoisotopic (exact) mass is 326 g/mol. The molecule has 1 N–H and O–H groups in total. The predicted octanol–water partition coefficient (Wildman–Crippen LogP) is 1.30. The highest BCUT2D eigenvalue weighted by Crippen LogP contribution is 2.31. The Kier molecular flexibility index (Phi) is 4.49. The van der Waals surface area contributed by atoms with Gasteiger partial charge in [-0.2, -0.15) is 0 Å². The Bertz CT molecular complexity index is 639. The van der Waals surface area contributed by atoms with Gasteiger partial charge in [0.2, 0.25) is 0 Å². The van der Waals surface area contributed by atoms with Crippen molar-refractivity contribution in [1.82, 2.24) is 20.0 Å². The highest BCUT2D eigenvalue weighted by molar-refractivity contribution is 6.06. The first-order valence-corrected chi connectivity index (χ1v) is 8.93. The van der Waals surface area contributed by atoms with Gasteiger partial charge in [-0.3, -0.25) is 0 Å². The van der Waals surface area contributed by atoms with Gasteiger partial charge in [-0.05, 0) is 19.2 Å². The molecule has 0 bridgehead atoms. The van der Waals surface area contributed by atoms with E-state index in [1.165, 1.54) is 11.7 Å². The third-order valence-electron chi connectivity index (χ3n) is 5.05. The summed E-state index contributed by atoms with van der Waals surface area (Å²) < 4.78 is 0. The Balaban J connectivity index is 1.65. The van der Waals surface area contributed by atoms with Crippen LogP contribution in [0.4, 0.5) is 11.4 Å². The van der Waals surface area contributed by atoms with Crippen molar-refractivity contribution in [2.45, 2.75) is 6.42 Å². The van der Waals surface area contributed by atoms with Crippen molar-refractivity contribution in [2.75, 3.05) is 59.4 Å². The van der Waals surface area contributed by atoms with Crippen LogP contribution in [0, 0.1) is 0 Å². The maximum Gasteiger partial charge on any atom is 0.113 e. The van der Waals surface area contributed by atoms with Crippen molar-refractivity contribution in [3.05, 3.63) is 24.3 Å². The molecule has 2 fully saturated rings. The molecule has 1 aromatic carbocycles. The van der Waals surface area contributed by atoms with Crippen molar-refractivity contribution in [3.8, 4) is 0 Å². The topological polar surface area (TPSA) is 46.5 Å². The van der Waals surface area contributed by atoms with E-state index >= 15 is 0 Å². The fourth-order valence-corrected chi connectivity index (χ4v) is 3.50. The van der Waals surface area contributed by atoms with E-state index in [9.17, 15) is 0 Å². The second-order valence-corrected chi connectivity index (χ2v) is 6.75. The van der Waals surface area contributed by atoms with Gasteiger partial charge in [0, 0.05) is 52.4 Å². The van der Waals surface area contributed by atoms with Crippen LogP contribution in [0.15, 0.2) is 34.3 Å². The molecular weight excluding hydrogens is 300 g/mol. The highest BCUT2D eigenvalue weighted by atomic mass is 15.3. The van der Waals surface area contributed by atoms with E-state index in [1.54, 1.807) is 0 Å². The zero-order valence-corrected chi connectivity index (χ0v) is 14.4. The van der Waals surface area contributed by atoms with Gasteiger partial charge in [-0.1, -0.05) is 12.1 Å². The number of rotatable bonds is 0. The lowest BCUT2D eigenvalue weighted by Crippen LogP contribution is -2.50. The molecule has 0 radical (unpaired) electrons. The smallest absolute Gasteiger partial charge is 0.113 e. The van der Waals surface area contributed by atoms with Crippen LogP contribution in [-0.2, 0) is 0 Å². The van der Waals surface area contributed by atoms with Crippen molar-refractivity contribution in [3.63, 3.8) is 0 Å². The molecule has 3 heterocycles. The Morgan fingerprint density at radius 2 is 1.33 bits per heavy atom. The molecule has 1 aromatic rings. The Morgan fingerprint density at radius 1 is 0.792 bits per heavy atom. The minimum atomic E-state index is 0.832. The molecule has 0 unspecified atom stereocenters. The third-order valence-corrected chi connectivity index (χ3v) is 5.05. The number of fused-ring (bicyclic) bond motifs is 1. The van der Waals surface area contributed by atoms with Gasteiger partial charge in [-0.15, -0.1) is 0 Å². The van der Waals surface area contributed by atoms with Gasteiger partial charge in [0.25, 0.3) is 0 Å². The Morgan fingerprint density at radius 3 is 1.92 bits per heavy atom. The van der Waals surface area contributed by atoms with Gasteiger partial charge in [-0.25, -0.2) is 9.98 Å². The van der Waals surface area contributed by atoms with Crippen LogP contribution in [-0.4, -0.2) is 85.8 Å². The molecule has 0 atom stereocenters. The number of benzene rings is 1. The summed E-state index contributed by atoms with van der Waals surface area (Å²) in [4.78, 5) is 17.2. The third kappa shape index (κ3) is 3.30. The lowest BCUT2D eigenvalue weighted by Gasteiger charge is -2.36. The van der Waals surface area contributed by atoms with E-state index in [1.807, 2.05) is 6.07 Å². The summed E-state index contributed by atoms with van der Waals surface area (Å²) >= 11 is 0. The standard InChI is InChI=1S/C18H26N6/c1-22-10-12-24(13-11-22)18-14-17(23-8-6-19-7-9-23)20-15-4-2-3-5-16(15)21-18/h2-5,19H,6-14H2,1H3. The minimum Gasteiger partial charge on any atom is -0.357 e. The normalized spacial score (nSPS) is 22.5. The molecule has 0 saturated carbocycles. The Hall–Kier alpha value is -1.92. The number of aliphatic imine (C=N–C) groups is 2. The molecule has 0 spiro atoms. The van der Waals surface area contributed by atoms with Crippen molar-refractivity contribution in [1.29, 1.82) is 0 Å². The maximum absolute atomic E-state index is 5.00. The summed E-state index contributed by atoms with van der Waals surface area (Å²) in [5.41, 5.74) is 1.99. The lowest BCUT2D eigenvalue weighted by molar-refractivity contribution is 0.214. The molecule has 24 heavy (non-hydrogen) atoms. The van der Waals surface area contributed by atoms with Crippen LogP contribution in [0.5, 0.6) is 0 Å². The zero-order chi connectivity index (χ0) is 16.4. The van der Waals surface area contributed by atoms with Crippen LogP contribution in [0.2, 0.25) is 0 Å². The molecule has 0 amide bonds. The van der Waals surface area contributed by atoms with E-state index in [0.717, 1.165) is 70.2 Å². The van der Waals surface area contributed by atoms with Gasteiger partial charge in [0.05, 0.1) is 17.8 Å². The second kappa shape index (κ2) is 6.91. The number of nitrogens with one attached hydrogen (secondary N) is 1. The SMILES string of the molecule is CN1CCN(C2=Nc3ccccc3N=C(N3CCNCC3)C2)CC1. The molecule has 3 aliphatic rings. The zero-order valence-electron chi connectivity index (χ0n) is 14.4. The van der Waals surface area contributed by atoms with Gasteiger partial charge >= 0.3 is 0 Å². The number of para-hydroxylation sites is 2. The molecule has 6 heteroatoms. The first kappa shape index (κ1) is 15.6. The minimum absolute atomic E-state index is 0.832. The number of likely N-dealkylation sites (N-methyl/N-ethyl adjacent to an activating group) is 1. The predicted molar refractivity (Wildman–Crippen MR) is 98.8 cm³/mol. The number of hydrogen-bond acceptors (Lipinski definition) is 6. The summed E-state index contributed by atoms with van der Waals surface area (Å²) in [6.45, 7) is 8.40. The summed E-state index contributed by atoms with van der Waals surface area (Å²) in [6, 6.07) is 8.26. The summed E-state index contributed by atoms with van der Waals surface area (Å²) in [6.07, 6.45) is 0.832. The van der Waals surface area contributed by atoms with E-state index in [2.05, 4.69) is 45.3 Å². The van der Waals surface area contributed by atoms with E-state index < -0.39 is 0 Å². The van der Waals surface area contributed by atoms with Crippen molar-refractivity contribution < 1.29 is 0 Å². The number of piperazine rings is 2. The van der Waals surface area contributed by atoms with Gasteiger partial charge < -0.3 is 20.0 Å². The van der Waals surface area contributed by atoms with Crippen molar-refractivity contribution in [2.24, 2.45) is 9.98 Å². The van der Waals surface area contributed by atoms with Crippen LogP contribution in [0.3, 0.4) is 0 Å². The van der Waals surface area contributed by atoms with E-state index in [4.69, 9.17) is 9.98 Å². The van der Waals surface area contributed by atoms with Crippen LogP contribution in [0.1, 0.15) is 6.42 Å². The molecule has 2 saturated heterocycles. The molecule has 128 valence electrons. The molecule has 3 aliphatic heterocycles. The summed E-state index contributed by atoms with van der Waals surface area (Å²) in [5, 5.41) is 3.43. The quantitative estimate of drug-likeness (QED) is 0.781. The van der Waals surface area contributed by atoms with Crippen LogP contribution in [0.25, 0.3) is 0 Å².